The molecule has 0 aliphatic carbocycles. The van der Waals surface area contributed by atoms with Crippen LogP contribution in [0.2, 0.25) is 0 Å². The molecular weight excluding hydrogens is 244 g/mol. The largest absolute Gasteiger partial charge is 0.459 e. The van der Waals surface area contributed by atoms with Crippen LogP contribution in [0, 0.1) is 11.8 Å². The van der Waals surface area contributed by atoms with Gasteiger partial charge in [-0.25, -0.2) is 4.79 Å². The number of hydrogen-bond acceptors (Lipinski definition) is 4. The third kappa shape index (κ3) is 8.63. The molecule has 1 aliphatic rings. The summed E-state index contributed by atoms with van der Waals surface area (Å²) in [6.07, 6.45) is 8.51. The quantitative estimate of drug-likeness (QED) is 0.308. The minimum Gasteiger partial charge on any atom is -0.459 e. The van der Waals surface area contributed by atoms with E-state index < -0.39 is 5.97 Å². The Morgan fingerprint density at radius 2 is 2.11 bits per heavy atom. The zero-order valence-electron chi connectivity index (χ0n) is 11.8. The van der Waals surface area contributed by atoms with Gasteiger partial charge in [0.05, 0.1) is 7.11 Å². The highest BCUT2D eigenvalue weighted by Gasteiger charge is 2.13. The topological polar surface area (TPSA) is 44.8 Å². The van der Waals surface area contributed by atoms with Gasteiger partial charge in [0.25, 0.3) is 0 Å². The Bertz CT molecular complexity index is 297. The van der Waals surface area contributed by atoms with Gasteiger partial charge in [-0.2, -0.15) is 0 Å². The first-order valence-corrected chi connectivity index (χ1v) is 7.13. The van der Waals surface area contributed by atoms with Crippen LogP contribution in [-0.4, -0.2) is 32.6 Å². The maximum Gasteiger partial charge on any atom is 0.384 e. The summed E-state index contributed by atoms with van der Waals surface area (Å²) < 4.78 is 15.6. The van der Waals surface area contributed by atoms with Crippen LogP contribution >= 0.6 is 0 Å². The molecule has 1 heterocycles. The van der Waals surface area contributed by atoms with Gasteiger partial charge in [0.2, 0.25) is 0 Å². The van der Waals surface area contributed by atoms with Crippen LogP contribution in [0.5, 0.6) is 0 Å². The molecule has 1 saturated heterocycles. The molecule has 1 fully saturated rings. The zero-order chi connectivity index (χ0) is 13.8. The SMILES string of the molecule is COC(=O)C#CCCCCCCOC1CCCCO1. The second-order valence-corrected chi connectivity index (χ2v) is 4.62. The lowest BCUT2D eigenvalue weighted by molar-refractivity contribution is -0.162. The molecule has 0 radical (unpaired) electrons. The molecule has 0 amide bonds. The molecular formula is C15H24O4. The van der Waals surface area contributed by atoms with E-state index in [1.54, 1.807) is 0 Å². The van der Waals surface area contributed by atoms with Crippen molar-refractivity contribution < 1.29 is 19.0 Å². The van der Waals surface area contributed by atoms with E-state index in [0.717, 1.165) is 58.2 Å². The predicted octanol–water partition coefficient (Wildman–Crippen LogP) is 2.66. The molecule has 0 aromatic heterocycles. The van der Waals surface area contributed by atoms with Crippen LogP contribution in [0.25, 0.3) is 0 Å². The molecule has 4 heteroatoms. The number of ether oxygens (including phenoxy) is 3. The third-order valence-electron chi connectivity index (χ3n) is 3.01. The molecule has 1 unspecified atom stereocenters. The maximum atomic E-state index is 10.7. The highest BCUT2D eigenvalue weighted by molar-refractivity contribution is 5.88. The Kier molecular flexibility index (Phi) is 9.13. The highest BCUT2D eigenvalue weighted by atomic mass is 16.7. The van der Waals surface area contributed by atoms with Crippen molar-refractivity contribution in [3.63, 3.8) is 0 Å². The van der Waals surface area contributed by atoms with Crippen LogP contribution < -0.4 is 0 Å². The molecule has 4 nitrogen and oxygen atoms in total. The molecule has 108 valence electrons. The molecule has 1 rings (SSSR count). The number of rotatable bonds is 7. The summed E-state index contributed by atoms with van der Waals surface area (Å²) in [5, 5.41) is 0. The second kappa shape index (κ2) is 10.8. The summed E-state index contributed by atoms with van der Waals surface area (Å²) in [6.45, 7) is 1.61. The van der Waals surface area contributed by atoms with Crippen LogP contribution in [0.3, 0.4) is 0 Å². The molecule has 0 spiro atoms. The van der Waals surface area contributed by atoms with E-state index in [1.165, 1.54) is 13.5 Å². The van der Waals surface area contributed by atoms with E-state index in [-0.39, 0.29) is 6.29 Å². The fourth-order valence-electron chi connectivity index (χ4n) is 1.91. The maximum absolute atomic E-state index is 10.7. The van der Waals surface area contributed by atoms with Crippen molar-refractivity contribution >= 4 is 5.97 Å². The third-order valence-corrected chi connectivity index (χ3v) is 3.01. The van der Waals surface area contributed by atoms with Crippen molar-refractivity contribution in [2.24, 2.45) is 0 Å². The van der Waals surface area contributed by atoms with E-state index >= 15 is 0 Å². The molecule has 19 heavy (non-hydrogen) atoms. The molecule has 0 aromatic carbocycles. The Labute approximate surface area is 115 Å². The molecule has 0 saturated carbocycles. The standard InChI is InChI=1S/C15H24O4/c1-17-14(16)10-6-4-2-3-5-8-12-18-15-11-7-9-13-19-15/h15H,2-5,7-9,11-13H2,1H3. The monoisotopic (exact) mass is 268 g/mol. The van der Waals surface area contributed by atoms with Crippen molar-refractivity contribution in [2.75, 3.05) is 20.3 Å². The Balaban J connectivity index is 1.85. The van der Waals surface area contributed by atoms with Gasteiger partial charge in [0, 0.05) is 25.6 Å². The molecule has 0 bridgehead atoms. The number of carbonyl (C=O) groups is 1. The van der Waals surface area contributed by atoms with Crippen LogP contribution in [0.1, 0.15) is 51.4 Å². The van der Waals surface area contributed by atoms with E-state index in [4.69, 9.17) is 9.47 Å². The first-order valence-electron chi connectivity index (χ1n) is 7.13. The number of hydrogen-bond donors (Lipinski definition) is 0. The van der Waals surface area contributed by atoms with Gasteiger partial charge >= 0.3 is 5.97 Å². The molecule has 1 aliphatic heterocycles. The molecule has 1 atom stereocenters. The first-order chi connectivity index (χ1) is 9.33. The number of carbonyl (C=O) groups excluding carboxylic acids is 1. The number of methoxy groups -OCH3 is 1. The van der Waals surface area contributed by atoms with Crippen LogP contribution in [-0.2, 0) is 19.0 Å². The fourth-order valence-corrected chi connectivity index (χ4v) is 1.91. The normalized spacial score (nSPS) is 18.5. The number of unbranched alkanes of at least 4 members (excludes halogenated alkanes) is 4. The van der Waals surface area contributed by atoms with Gasteiger partial charge < -0.3 is 14.2 Å². The van der Waals surface area contributed by atoms with Gasteiger partial charge in [-0.05, 0) is 32.1 Å². The smallest absolute Gasteiger partial charge is 0.384 e. The van der Waals surface area contributed by atoms with Crippen LogP contribution in [0.15, 0.2) is 0 Å². The van der Waals surface area contributed by atoms with Crippen molar-refractivity contribution in [3.05, 3.63) is 0 Å². The minimum absolute atomic E-state index is 0.0275. The summed E-state index contributed by atoms with van der Waals surface area (Å²) in [6, 6.07) is 0. The molecule has 0 aromatic rings. The van der Waals surface area contributed by atoms with Gasteiger partial charge in [-0.3, -0.25) is 0 Å². The van der Waals surface area contributed by atoms with E-state index in [2.05, 4.69) is 16.6 Å². The Morgan fingerprint density at radius 3 is 2.84 bits per heavy atom. The zero-order valence-corrected chi connectivity index (χ0v) is 11.8. The average Bonchev–Trinajstić information content (AvgIpc) is 2.46. The van der Waals surface area contributed by atoms with Crippen molar-refractivity contribution in [1.82, 2.24) is 0 Å². The van der Waals surface area contributed by atoms with E-state index in [9.17, 15) is 4.79 Å². The lowest BCUT2D eigenvalue weighted by Crippen LogP contribution is -2.22. The Morgan fingerprint density at radius 1 is 1.26 bits per heavy atom. The first kappa shape index (κ1) is 16.0. The van der Waals surface area contributed by atoms with Gasteiger partial charge in [0.15, 0.2) is 6.29 Å². The highest BCUT2D eigenvalue weighted by Crippen LogP contribution is 2.14. The number of esters is 1. The lowest BCUT2D eigenvalue weighted by Gasteiger charge is -2.22. The van der Waals surface area contributed by atoms with Crippen molar-refractivity contribution in [3.8, 4) is 11.8 Å². The van der Waals surface area contributed by atoms with Crippen LogP contribution in [0.4, 0.5) is 0 Å². The summed E-state index contributed by atoms with van der Waals surface area (Å²) in [4.78, 5) is 10.7. The molecule has 0 N–H and O–H groups in total. The van der Waals surface area contributed by atoms with Crippen molar-refractivity contribution in [2.45, 2.75) is 57.7 Å². The summed E-state index contributed by atoms with van der Waals surface area (Å²) in [5.41, 5.74) is 0. The van der Waals surface area contributed by atoms with Gasteiger partial charge in [-0.15, -0.1) is 0 Å². The Hall–Kier alpha value is -1.05. The van der Waals surface area contributed by atoms with Gasteiger partial charge in [-0.1, -0.05) is 18.8 Å². The summed E-state index contributed by atoms with van der Waals surface area (Å²) >= 11 is 0. The summed E-state index contributed by atoms with van der Waals surface area (Å²) in [5.74, 6) is 4.77. The van der Waals surface area contributed by atoms with E-state index in [0.29, 0.717) is 0 Å². The fraction of sp³-hybridized carbons (Fsp3) is 0.800. The van der Waals surface area contributed by atoms with Crippen molar-refractivity contribution in [1.29, 1.82) is 0 Å². The minimum atomic E-state index is -0.458. The predicted molar refractivity (Wildman–Crippen MR) is 72.4 cm³/mol. The lowest BCUT2D eigenvalue weighted by atomic mass is 10.1. The van der Waals surface area contributed by atoms with Gasteiger partial charge in [0.1, 0.15) is 0 Å². The second-order valence-electron chi connectivity index (χ2n) is 4.62. The van der Waals surface area contributed by atoms with E-state index in [1.807, 2.05) is 0 Å². The average molecular weight is 268 g/mol. The summed E-state index contributed by atoms with van der Waals surface area (Å²) in [7, 11) is 1.34.